The minimum Gasteiger partial charge on any atom is -0.494 e. The zero-order valence-corrected chi connectivity index (χ0v) is 12.3. The van der Waals surface area contributed by atoms with Crippen molar-refractivity contribution in [3.63, 3.8) is 0 Å². The molecular formula is C16H21NO4. The van der Waals surface area contributed by atoms with E-state index in [1.165, 1.54) is 0 Å². The number of amides is 1. The molecule has 2 rings (SSSR count). The van der Waals surface area contributed by atoms with Gasteiger partial charge >= 0.3 is 5.97 Å². The fourth-order valence-corrected chi connectivity index (χ4v) is 2.27. The van der Waals surface area contributed by atoms with Gasteiger partial charge in [0, 0.05) is 32.4 Å². The van der Waals surface area contributed by atoms with Crippen molar-refractivity contribution in [2.24, 2.45) is 5.92 Å². The number of para-hydroxylation sites is 1. The van der Waals surface area contributed by atoms with Crippen molar-refractivity contribution in [2.45, 2.75) is 19.3 Å². The average Bonchev–Trinajstić information content (AvgIpc) is 2.81. The SMILES string of the molecule is CN1CC(COC(=O)CCCOc2ccccc2)CC1=O. The van der Waals surface area contributed by atoms with Gasteiger partial charge in [0.25, 0.3) is 0 Å². The van der Waals surface area contributed by atoms with E-state index in [1.807, 2.05) is 30.3 Å². The Bertz CT molecular complexity index is 474. The van der Waals surface area contributed by atoms with Crippen LogP contribution in [0.4, 0.5) is 0 Å². The first-order valence-electron chi connectivity index (χ1n) is 7.22. The maximum absolute atomic E-state index is 11.6. The minimum absolute atomic E-state index is 0.118. The van der Waals surface area contributed by atoms with Crippen LogP contribution in [0.5, 0.6) is 5.75 Å². The molecule has 0 aliphatic carbocycles. The fourth-order valence-electron chi connectivity index (χ4n) is 2.27. The maximum Gasteiger partial charge on any atom is 0.305 e. The first-order chi connectivity index (χ1) is 10.1. The van der Waals surface area contributed by atoms with Gasteiger partial charge in [0.2, 0.25) is 5.91 Å². The number of hydrogen-bond donors (Lipinski definition) is 0. The zero-order valence-electron chi connectivity index (χ0n) is 12.3. The Labute approximate surface area is 124 Å². The summed E-state index contributed by atoms with van der Waals surface area (Å²) in [5, 5.41) is 0. The lowest BCUT2D eigenvalue weighted by atomic mass is 10.1. The van der Waals surface area contributed by atoms with Crippen molar-refractivity contribution in [2.75, 3.05) is 26.8 Å². The molecule has 0 saturated carbocycles. The molecule has 114 valence electrons. The Morgan fingerprint density at radius 3 is 2.76 bits per heavy atom. The lowest BCUT2D eigenvalue weighted by molar-refractivity contribution is -0.145. The summed E-state index contributed by atoms with van der Waals surface area (Å²) in [6.45, 7) is 1.49. The number of rotatable bonds is 7. The van der Waals surface area contributed by atoms with Crippen molar-refractivity contribution in [3.05, 3.63) is 30.3 Å². The highest BCUT2D eigenvalue weighted by Crippen LogP contribution is 2.16. The molecule has 0 bridgehead atoms. The van der Waals surface area contributed by atoms with Crippen molar-refractivity contribution in [3.8, 4) is 5.75 Å². The molecule has 1 aromatic carbocycles. The Balaban J connectivity index is 1.55. The molecule has 1 heterocycles. The summed E-state index contributed by atoms with van der Waals surface area (Å²) in [6, 6.07) is 9.50. The highest BCUT2D eigenvalue weighted by molar-refractivity contribution is 5.78. The molecule has 1 aliphatic rings. The Morgan fingerprint density at radius 2 is 2.10 bits per heavy atom. The van der Waals surface area contributed by atoms with Gasteiger partial charge in [-0.3, -0.25) is 9.59 Å². The lowest BCUT2D eigenvalue weighted by Crippen LogP contribution is -2.20. The topological polar surface area (TPSA) is 55.8 Å². The molecule has 21 heavy (non-hydrogen) atoms. The van der Waals surface area contributed by atoms with Crippen LogP contribution in [0.15, 0.2) is 30.3 Å². The lowest BCUT2D eigenvalue weighted by Gasteiger charge is -2.11. The molecule has 1 saturated heterocycles. The van der Waals surface area contributed by atoms with E-state index >= 15 is 0 Å². The molecule has 0 radical (unpaired) electrons. The summed E-state index contributed by atoms with van der Waals surface area (Å²) in [5.41, 5.74) is 0. The van der Waals surface area contributed by atoms with Gasteiger partial charge in [-0.1, -0.05) is 18.2 Å². The third-order valence-corrected chi connectivity index (χ3v) is 3.44. The molecule has 5 heteroatoms. The average molecular weight is 291 g/mol. The summed E-state index contributed by atoms with van der Waals surface area (Å²) in [4.78, 5) is 24.6. The van der Waals surface area contributed by atoms with Gasteiger partial charge in [0.1, 0.15) is 5.75 Å². The molecule has 0 N–H and O–H groups in total. The number of ether oxygens (including phenoxy) is 2. The van der Waals surface area contributed by atoms with Crippen LogP contribution in [0.25, 0.3) is 0 Å². The van der Waals surface area contributed by atoms with E-state index < -0.39 is 0 Å². The number of esters is 1. The third kappa shape index (κ3) is 5.10. The molecular weight excluding hydrogens is 270 g/mol. The van der Waals surface area contributed by atoms with E-state index in [-0.39, 0.29) is 17.8 Å². The van der Waals surface area contributed by atoms with Crippen LogP contribution in [-0.2, 0) is 14.3 Å². The summed E-state index contributed by atoms with van der Waals surface area (Å²) < 4.78 is 10.7. The van der Waals surface area contributed by atoms with E-state index in [9.17, 15) is 9.59 Å². The number of likely N-dealkylation sites (tertiary alicyclic amines) is 1. The van der Waals surface area contributed by atoms with Gasteiger partial charge in [-0.15, -0.1) is 0 Å². The van der Waals surface area contributed by atoms with Crippen LogP contribution in [-0.4, -0.2) is 43.6 Å². The van der Waals surface area contributed by atoms with Gasteiger partial charge in [-0.25, -0.2) is 0 Å². The number of carbonyl (C=O) groups is 2. The van der Waals surface area contributed by atoms with Crippen molar-refractivity contribution in [1.82, 2.24) is 4.90 Å². The molecule has 1 aromatic rings. The molecule has 0 aromatic heterocycles. The van der Waals surface area contributed by atoms with Crippen LogP contribution in [0.2, 0.25) is 0 Å². The van der Waals surface area contributed by atoms with Crippen LogP contribution in [0, 0.1) is 5.92 Å². The molecule has 1 fully saturated rings. The fraction of sp³-hybridized carbons (Fsp3) is 0.500. The summed E-state index contributed by atoms with van der Waals surface area (Å²) in [7, 11) is 1.77. The number of carbonyl (C=O) groups excluding carboxylic acids is 2. The number of benzene rings is 1. The first-order valence-corrected chi connectivity index (χ1v) is 7.22. The Morgan fingerprint density at radius 1 is 1.33 bits per heavy atom. The van der Waals surface area contributed by atoms with E-state index in [1.54, 1.807) is 11.9 Å². The van der Waals surface area contributed by atoms with E-state index in [4.69, 9.17) is 9.47 Å². The number of hydrogen-bond acceptors (Lipinski definition) is 4. The highest BCUT2D eigenvalue weighted by Gasteiger charge is 2.27. The maximum atomic E-state index is 11.6. The second kappa shape index (κ2) is 7.67. The summed E-state index contributed by atoms with van der Waals surface area (Å²) in [6.07, 6.45) is 1.43. The van der Waals surface area contributed by atoms with Crippen molar-refractivity contribution in [1.29, 1.82) is 0 Å². The first kappa shape index (κ1) is 15.4. The summed E-state index contributed by atoms with van der Waals surface area (Å²) >= 11 is 0. The molecule has 1 amide bonds. The normalized spacial score (nSPS) is 17.9. The van der Waals surface area contributed by atoms with Gasteiger partial charge in [0.15, 0.2) is 0 Å². The molecule has 5 nitrogen and oxygen atoms in total. The second-order valence-electron chi connectivity index (χ2n) is 5.29. The summed E-state index contributed by atoms with van der Waals surface area (Å²) in [5.74, 6) is 0.825. The molecule has 0 spiro atoms. The molecule has 1 atom stereocenters. The van der Waals surface area contributed by atoms with E-state index in [0.717, 1.165) is 5.75 Å². The van der Waals surface area contributed by atoms with Crippen molar-refractivity contribution >= 4 is 11.9 Å². The van der Waals surface area contributed by atoms with E-state index in [2.05, 4.69) is 0 Å². The molecule has 1 aliphatic heterocycles. The quantitative estimate of drug-likeness (QED) is 0.568. The molecule has 1 unspecified atom stereocenters. The second-order valence-corrected chi connectivity index (χ2v) is 5.29. The van der Waals surface area contributed by atoms with Gasteiger partial charge in [-0.05, 0) is 18.6 Å². The van der Waals surface area contributed by atoms with Gasteiger partial charge in [0.05, 0.1) is 13.2 Å². The zero-order chi connectivity index (χ0) is 15.1. The van der Waals surface area contributed by atoms with Crippen molar-refractivity contribution < 1.29 is 19.1 Å². The monoisotopic (exact) mass is 291 g/mol. The van der Waals surface area contributed by atoms with E-state index in [0.29, 0.717) is 39.0 Å². The number of nitrogens with zero attached hydrogens (tertiary/aromatic N) is 1. The smallest absolute Gasteiger partial charge is 0.305 e. The minimum atomic E-state index is -0.228. The Kier molecular flexibility index (Phi) is 5.60. The van der Waals surface area contributed by atoms with Crippen LogP contribution >= 0.6 is 0 Å². The van der Waals surface area contributed by atoms with Crippen LogP contribution in [0.3, 0.4) is 0 Å². The highest BCUT2D eigenvalue weighted by atomic mass is 16.5. The van der Waals surface area contributed by atoms with Gasteiger partial charge in [-0.2, -0.15) is 0 Å². The third-order valence-electron chi connectivity index (χ3n) is 3.44. The predicted molar refractivity (Wildman–Crippen MR) is 77.9 cm³/mol. The Hall–Kier alpha value is -2.04. The predicted octanol–water partition coefficient (Wildman–Crippen LogP) is 1.87. The van der Waals surface area contributed by atoms with Gasteiger partial charge < -0.3 is 14.4 Å². The van der Waals surface area contributed by atoms with Crippen LogP contribution < -0.4 is 4.74 Å². The standard InChI is InChI=1S/C16H21NO4/c1-17-11-13(10-15(17)18)12-21-16(19)8-5-9-20-14-6-3-2-4-7-14/h2-4,6-7,13H,5,8-12H2,1H3. The largest absolute Gasteiger partial charge is 0.494 e. The van der Waals surface area contributed by atoms with Crippen LogP contribution in [0.1, 0.15) is 19.3 Å².